The van der Waals surface area contributed by atoms with Gasteiger partial charge in [0, 0.05) is 5.69 Å². The Morgan fingerprint density at radius 2 is 2.09 bits per heavy atom. The van der Waals surface area contributed by atoms with Crippen molar-refractivity contribution in [1.82, 2.24) is 4.98 Å². The lowest BCUT2D eigenvalue weighted by atomic mass is 10.3. The van der Waals surface area contributed by atoms with Crippen LogP contribution < -0.4 is 0 Å². The van der Waals surface area contributed by atoms with Crippen molar-refractivity contribution in [3.05, 3.63) is 28.5 Å². The third-order valence-electron chi connectivity index (χ3n) is 1.25. The highest BCUT2D eigenvalue weighted by molar-refractivity contribution is 6.30. The summed E-state index contributed by atoms with van der Waals surface area (Å²) in [5, 5.41) is -0.111. The van der Waals surface area contributed by atoms with Gasteiger partial charge in [0.05, 0.1) is 5.56 Å². The Kier molecular flexibility index (Phi) is 2.39. The highest BCUT2D eigenvalue weighted by atomic mass is 35.5. The molecule has 0 N–H and O–H groups in total. The van der Waals surface area contributed by atoms with Crippen LogP contribution in [0.3, 0.4) is 0 Å². The van der Waals surface area contributed by atoms with Gasteiger partial charge in [0.1, 0.15) is 5.15 Å². The van der Waals surface area contributed by atoms with Gasteiger partial charge in [0.15, 0.2) is 0 Å². The van der Waals surface area contributed by atoms with Gasteiger partial charge in [0.25, 0.3) is 6.43 Å². The summed E-state index contributed by atoms with van der Waals surface area (Å²) in [6, 6.07) is 2.79. The van der Waals surface area contributed by atoms with Crippen LogP contribution in [0.15, 0.2) is 12.1 Å². The number of hydrogen-bond donors (Lipinski definition) is 0. The molecule has 1 aromatic rings. The SMILES string of the molecule is Cc1ccc(C(F)F)c(Cl)n1. The summed E-state index contributed by atoms with van der Waals surface area (Å²) in [5.41, 5.74) is 0.427. The lowest BCUT2D eigenvalue weighted by Crippen LogP contribution is -1.90. The summed E-state index contributed by atoms with van der Waals surface area (Å²) in [5.74, 6) is 0. The maximum atomic E-state index is 12.0. The summed E-state index contributed by atoms with van der Waals surface area (Å²) in [6.07, 6.45) is -2.55. The fourth-order valence-electron chi connectivity index (χ4n) is 0.699. The minimum atomic E-state index is -2.55. The van der Waals surface area contributed by atoms with Gasteiger partial charge in [-0.25, -0.2) is 13.8 Å². The van der Waals surface area contributed by atoms with Crippen LogP contribution in [0.4, 0.5) is 8.78 Å². The molecular formula is C7H6ClF2N. The number of aromatic nitrogens is 1. The molecule has 1 rings (SSSR count). The summed E-state index contributed by atoms with van der Waals surface area (Å²) in [4.78, 5) is 3.68. The Bertz CT molecular complexity index is 263. The maximum absolute atomic E-state index is 12.0. The largest absolute Gasteiger partial charge is 0.266 e. The quantitative estimate of drug-likeness (QED) is 0.601. The molecule has 0 unspecified atom stereocenters. The lowest BCUT2D eigenvalue weighted by Gasteiger charge is -2.01. The molecule has 1 aromatic heterocycles. The predicted molar refractivity (Wildman–Crippen MR) is 38.9 cm³/mol. The summed E-state index contributed by atoms with van der Waals surface area (Å²) in [6.45, 7) is 1.70. The van der Waals surface area contributed by atoms with Gasteiger partial charge in [-0.3, -0.25) is 0 Å². The Labute approximate surface area is 68.0 Å². The fourth-order valence-corrected chi connectivity index (χ4v) is 0.977. The van der Waals surface area contributed by atoms with Crippen LogP contribution >= 0.6 is 11.6 Å². The Hall–Kier alpha value is -0.700. The summed E-state index contributed by atoms with van der Waals surface area (Å²) >= 11 is 5.43. The average Bonchev–Trinajstić information content (AvgIpc) is 1.85. The van der Waals surface area contributed by atoms with E-state index in [1.165, 1.54) is 12.1 Å². The van der Waals surface area contributed by atoms with Crippen LogP contribution in [0.5, 0.6) is 0 Å². The molecule has 1 nitrogen and oxygen atoms in total. The van der Waals surface area contributed by atoms with Crippen LogP contribution in [0.2, 0.25) is 5.15 Å². The second kappa shape index (κ2) is 3.13. The average molecular weight is 178 g/mol. The van der Waals surface area contributed by atoms with Crippen molar-refractivity contribution in [2.45, 2.75) is 13.3 Å². The van der Waals surface area contributed by atoms with E-state index in [0.29, 0.717) is 5.69 Å². The van der Waals surface area contributed by atoms with Gasteiger partial charge in [-0.05, 0) is 19.1 Å². The topological polar surface area (TPSA) is 12.9 Å². The molecule has 0 bridgehead atoms. The molecule has 0 radical (unpaired) electrons. The molecule has 0 aliphatic carbocycles. The van der Waals surface area contributed by atoms with Crippen molar-refractivity contribution in [3.8, 4) is 0 Å². The minimum Gasteiger partial charge on any atom is -0.241 e. The summed E-state index contributed by atoms with van der Waals surface area (Å²) < 4.78 is 24.1. The first kappa shape index (κ1) is 8.40. The van der Waals surface area contributed by atoms with Crippen molar-refractivity contribution in [3.63, 3.8) is 0 Å². The van der Waals surface area contributed by atoms with Crippen molar-refractivity contribution in [2.24, 2.45) is 0 Å². The van der Waals surface area contributed by atoms with Crippen molar-refractivity contribution >= 4 is 11.6 Å². The zero-order chi connectivity index (χ0) is 8.43. The first-order valence-corrected chi connectivity index (χ1v) is 3.40. The van der Waals surface area contributed by atoms with Gasteiger partial charge in [-0.15, -0.1) is 0 Å². The van der Waals surface area contributed by atoms with E-state index in [0.717, 1.165) is 0 Å². The predicted octanol–water partition coefficient (Wildman–Crippen LogP) is 2.98. The second-order valence-corrected chi connectivity index (χ2v) is 2.49. The van der Waals surface area contributed by atoms with Gasteiger partial charge in [-0.2, -0.15) is 0 Å². The van der Waals surface area contributed by atoms with E-state index in [9.17, 15) is 8.78 Å². The van der Waals surface area contributed by atoms with Crippen LogP contribution in [-0.4, -0.2) is 4.98 Å². The molecule has 0 amide bonds. The molecule has 0 fully saturated rings. The number of halogens is 3. The monoisotopic (exact) mass is 177 g/mol. The number of nitrogens with zero attached hydrogens (tertiary/aromatic N) is 1. The van der Waals surface area contributed by atoms with E-state index in [1.807, 2.05) is 0 Å². The normalized spacial score (nSPS) is 10.6. The first-order chi connectivity index (χ1) is 5.11. The zero-order valence-electron chi connectivity index (χ0n) is 5.81. The highest BCUT2D eigenvalue weighted by Crippen LogP contribution is 2.24. The van der Waals surface area contributed by atoms with Crippen LogP contribution in [-0.2, 0) is 0 Å². The van der Waals surface area contributed by atoms with E-state index in [-0.39, 0.29) is 10.7 Å². The van der Waals surface area contributed by atoms with Crippen LogP contribution in [0.1, 0.15) is 17.7 Å². The molecule has 60 valence electrons. The molecule has 0 atom stereocenters. The molecule has 1 heterocycles. The molecule has 0 aromatic carbocycles. The van der Waals surface area contributed by atoms with E-state index in [4.69, 9.17) is 11.6 Å². The number of aryl methyl sites for hydroxylation is 1. The van der Waals surface area contributed by atoms with Crippen molar-refractivity contribution < 1.29 is 8.78 Å². The van der Waals surface area contributed by atoms with Crippen LogP contribution in [0.25, 0.3) is 0 Å². The molecule has 0 aliphatic rings. The van der Waals surface area contributed by atoms with E-state index >= 15 is 0 Å². The molecule has 4 heteroatoms. The number of rotatable bonds is 1. The molecular weight excluding hydrogens is 172 g/mol. The molecule has 0 spiro atoms. The first-order valence-electron chi connectivity index (χ1n) is 3.02. The van der Waals surface area contributed by atoms with Gasteiger partial charge >= 0.3 is 0 Å². The van der Waals surface area contributed by atoms with Gasteiger partial charge < -0.3 is 0 Å². The van der Waals surface area contributed by atoms with E-state index in [1.54, 1.807) is 6.92 Å². The number of pyridine rings is 1. The van der Waals surface area contributed by atoms with Gasteiger partial charge in [-0.1, -0.05) is 11.6 Å². The van der Waals surface area contributed by atoms with Crippen molar-refractivity contribution in [1.29, 1.82) is 0 Å². The maximum Gasteiger partial charge on any atom is 0.266 e. The van der Waals surface area contributed by atoms with Crippen molar-refractivity contribution in [2.75, 3.05) is 0 Å². The molecule has 11 heavy (non-hydrogen) atoms. The highest BCUT2D eigenvalue weighted by Gasteiger charge is 2.11. The minimum absolute atomic E-state index is 0.111. The fraction of sp³-hybridized carbons (Fsp3) is 0.286. The Morgan fingerprint density at radius 3 is 2.55 bits per heavy atom. The van der Waals surface area contributed by atoms with Crippen LogP contribution in [0, 0.1) is 6.92 Å². The van der Waals surface area contributed by atoms with Gasteiger partial charge in [0.2, 0.25) is 0 Å². The standard InChI is InChI=1S/C7H6ClF2N/c1-4-2-3-5(7(9)10)6(8)11-4/h2-3,7H,1H3. The number of alkyl halides is 2. The summed E-state index contributed by atoms with van der Waals surface area (Å²) in [7, 11) is 0. The van der Waals surface area contributed by atoms with E-state index in [2.05, 4.69) is 4.98 Å². The zero-order valence-corrected chi connectivity index (χ0v) is 6.57. The lowest BCUT2D eigenvalue weighted by molar-refractivity contribution is 0.151. The third kappa shape index (κ3) is 1.87. The molecule has 0 saturated carbocycles. The second-order valence-electron chi connectivity index (χ2n) is 2.13. The molecule has 0 aliphatic heterocycles. The smallest absolute Gasteiger partial charge is 0.241 e. The van der Waals surface area contributed by atoms with E-state index < -0.39 is 6.43 Å². The number of hydrogen-bond acceptors (Lipinski definition) is 1. The third-order valence-corrected chi connectivity index (χ3v) is 1.55. The molecule has 0 saturated heterocycles. The Balaban J connectivity index is 3.09. The Morgan fingerprint density at radius 1 is 1.45 bits per heavy atom.